The lowest BCUT2D eigenvalue weighted by Gasteiger charge is -2.33. The highest BCUT2D eigenvalue weighted by molar-refractivity contribution is 5.81. The van der Waals surface area contributed by atoms with Gasteiger partial charge in [0, 0.05) is 12.5 Å². The third-order valence-electron chi connectivity index (χ3n) is 4.65. The highest BCUT2D eigenvalue weighted by Crippen LogP contribution is 2.34. The molecule has 110 valence electrons. The third-order valence-corrected chi connectivity index (χ3v) is 4.65. The predicted molar refractivity (Wildman–Crippen MR) is 76.3 cm³/mol. The van der Waals surface area contributed by atoms with Gasteiger partial charge in [0.25, 0.3) is 0 Å². The summed E-state index contributed by atoms with van der Waals surface area (Å²) in [6.07, 6.45) is 7.25. The molecule has 0 aromatic carbocycles. The maximum absolute atomic E-state index is 12.5. The number of carbonyl (C=O) groups excluding carboxylic acids is 1. The first kappa shape index (κ1) is 13.6. The van der Waals surface area contributed by atoms with Gasteiger partial charge in [-0.15, -0.1) is 10.2 Å². The maximum Gasteiger partial charge on any atom is 0.245 e. The van der Waals surface area contributed by atoms with E-state index < -0.39 is 0 Å². The normalized spacial score (nSPS) is 24.0. The van der Waals surface area contributed by atoms with Crippen LogP contribution in [-0.4, -0.2) is 32.1 Å². The largest absolute Gasteiger partial charge is 0.333 e. The zero-order valence-corrected chi connectivity index (χ0v) is 12.5. The molecule has 0 radical (unpaired) electrons. The summed E-state index contributed by atoms with van der Waals surface area (Å²) in [6.45, 7) is 5.53. The molecule has 5 heteroatoms. The van der Waals surface area contributed by atoms with Crippen molar-refractivity contribution in [1.82, 2.24) is 19.7 Å². The average Bonchev–Trinajstić information content (AvgIpc) is 2.89. The lowest BCUT2D eigenvalue weighted by atomic mass is 9.88. The van der Waals surface area contributed by atoms with Crippen molar-refractivity contribution in [3.05, 3.63) is 11.6 Å². The average molecular weight is 276 g/mol. The van der Waals surface area contributed by atoms with E-state index in [1.165, 1.54) is 32.1 Å². The molecular formula is C15H24N4O. The number of aromatic nitrogens is 3. The molecule has 20 heavy (non-hydrogen) atoms. The van der Waals surface area contributed by atoms with Crippen molar-refractivity contribution in [2.75, 3.05) is 6.54 Å². The van der Waals surface area contributed by atoms with Gasteiger partial charge in [-0.05, 0) is 26.2 Å². The van der Waals surface area contributed by atoms with Crippen molar-refractivity contribution in [2.24, 2.45) is 0 Å². The van der Waals surface area contributed by atoms with Gasteiger partial charge in [0.2, 0.25) is 5.91 Å². The standard InChI is InChI=1S/C15H24N4O/c1-3-9-18-10-13-16-17-14(12-7-5-4-6-8-12)19(13)11(2)15(18)20/h11-12H,3-10H2,1-2H3/t11-/m0/s1. The van der Waals surface area contributed by atoms with Gasteiger partial charge < -0.3 is 9.47 Å². The fourth-order valence-corrected chi connectivity index (χ4v) is 3.59. The van der Waals surface area contributed by atoms with Crippen LogP contribution in [0, 0.1) is 0 Å². The molecule has 1 aliphatic heterocycles. The molecule has 1 saturated carbocycles. The summed E-state index contributed by atoms with van der Waals surface area (Å²) in [7, 11) is 0. The third kappa shape index (κ3) is 2.23. The van der Waals surface area contributed by atoms with Crippen molar-refractivity contribution in [2.45, 2.75) is 70.9 Å². The first-order chi connectivity index (χ1) is 9.72. The lowest BCUT2D eigenvalue weighted by Crippen LogP contribution is -2.42. The number of nitrogens with zero attached hydrogens (tertiary/aromatic N) is 4. The molecule has 1 aromatic rings. The molecule has 1 fully saturated rings. The second kappa shape index (κ2) is 5.54. The van der Waals surface area contributed by atoms with E-state index in [9.17, 15) is 4.79 Å². The van der Waals surface area contributed by atoms with Gasteiger partial charge in [-0.1, -0.05) is 26.2 Å². The van der Waals surface area contributed by atoms with E-state index in [2.05, 4.69) is 21.7 Å². The summed E-state index contributed by atoms with van der Waals surface area (Å²) in [6, 6.07) is -0.141. The summed E-state index contributed by atoms with van der Waals surface area (Å²) in [5.74, 6) is 2.73. The number of rotatable bonds is 3. The highest BCUT2D eigenvalue weighted by atomic mass is 16.2. The Morgan fingerprint density at radius 2 is 1.95 bits per heavy atom. The minimum Gasteiger partial charge on any atom is -0.333 e. The molecule has 1 aliphatic carbocycles. The molecule has 1 aromatic heterocycles. The van der Waals surface area contributed by atoms with Crippen molar-refractivity contribution in [3.8, 4) is 0 Å². The van der Waals surface area contributed by atoms with Crippen LogP contribution in [0.4, 0.5) is 0 Å². The van der Waals surface area contributed by atoms with Crippen LogP contribution < -0.4 is 0 Å². The molecule has 0 bridgehead atoms. The first-order valence-electron chi connectivity index (χ1n) is 7.94. The summed E-state index contributed by atoms with van der Waals surface area (Å²) < 4.78 is 2.12. The van der Waals surface area contributed by atoms with E-state index in [1.807, 2.05) is 11.8 Å². The Morgan fingerprint density at radius 1 is 1.20 bits per heavy atom. The summed E-state index contributed by atoms with van der Waals surface area (Å²) >= 11 is 0. The van der Waals surface area contributed by atoms with Crippen LogP contribution in [0.5, 0.6) is 0 Å². The van der Waals surface area contributed by atoms with E-state index in [-0.39, 0.29) is 11.9 Å². The zero-order chi connectivity index (χ0) is 14.1. The first-order valence-corrected chi connectivity index (χ1v) is 7.94. The van der Waals surface area contributed by atoms with Gasteiger partial charge in [0.05, 0.1) is 6.54 Å². The fraction of sp³-hybridized carbons (Fsp3) is 0.800. The van der Waals surface area contributed by atoms with E-state index >= 15 is 0 Å². The van der Waals surface area contributed by atoms with Crippen LogP contribution >= 0.6 is 0 Å². The summed E-state index contributed by atoms with van der Waals surface area (Å²) in [4.78, 5) is 14.4. The van der Waals surface area contributed by atoms with E-state index in [0.717, 1.165) is 24.6 Å². The van der Waals surface area contributed by atoms with Gasteiger partial charge in [0.15, 0.2) is 5.82 Å². The second-order valence-electron chi connectivity index (χ2n) is 6.12. The summed E-state index contributed by atoms with van der Waals surface area (Å²) in [5.41, 5.74) is 0. The maximum atomic E-state index is 12.5. The quantitative estimate of drug-likeness (QED) is 0.852. The minimum atomic E-state index is -0.141. The van der Waals surface area contributed by atoms with Gasteiger partial charge in [-0.3, -0.25) is 4.79 Å². The van der Waals surface area contributed by atoms with Crippen LogP contribution in [0.1, 0.15) is 76.0 Å². The molecule has 2 heterocycles. The molecule has 1 atom stereocenters. The molecule has 0 N–H and O–H groups in total. The molecular weight excluding hydrogens is 252 g/mol. The van der Waals surface area contributed by atoms with Crippen LogP contribution in [0.2, 0.25) is 0 Å². The zero-order valence-electron chi connectivity index (χ0n) is 12.5. The van der Waals surface area contributed by atoms with Crippen molar-refractivity contribution in [1.29, 1.82) is 0 Å². The Labute approximate surface area is 120 Å². The fourth-order valence-electron chi connectivity index (χ4n) is 3.59. The number of amides is 1. The second-order valence-corrected chi connectivity index (χ2v) is 6.12. The van der Waals surface area contributed by atoms with E-state index in [0.29, 0.717) is 12.5 Å². The van der Waals surface area contributed by atoms with Gasteiger partial charge in [0.1, 0.15) is 11.9 Å². The lowest BCUT2D eigenvalue weighted by molar-refractivity contribution is -0.137. The smallest absolute Gasteiger partial charge is 0.245 e. The Balaban J connectivity index is 1.89. The van der Waals surface area contributed by atoms with Gasteiger partial charge >= 0.3 is 0 Å². The monoisotopic (exact) mass is 276 g/mol. The van der Waals surface area contributed by atoms with Crippen LogP contribution in [-0.2, 0) is 11.3 Å². The molecule has 5 nitrogen and oxygen atoms in total. The molecule has 1 amide bonds. The van der Waals surface area contributed by atoms with Crippen LogP contribution in [0.25, 0.3) is 0 Å². The number of hydrogen-bond donors (Lipinski definition) is 0. The van der Waals surface area contributed by atoms with Crippen molar-refractivity contribution in [3.63, 3.8) is 0 Å². The van der Waals surface area contributed by atoms with Crippen LogP contribution in [0.3, 0.4) is 0 Å². The predicted octanol–water partition coefficient (Wildman–Crippen LogP) is 2.64. The summed E-state index contributed by atoms with van der Waals surface area (Å²) in [5, 5.41) is 8.80. The minimum absolute atomic E-state index is 0.141. The van der Waals surface area contributed by atoms with E-state index in [4.69, 9.17) is 0 Å². The Bertz CT molecular complexity index is 490. The molecule has 0 spiro atoms. The number of fused-ring (bicyclic) bond motifs is 1. The molecule has 0 unspecified atom stereocenters. The molecule has 3 rings (SSSR count). The molecule has 2 aliphatic rings. The SMILES string of the molecule is CCCN1Cc2nnc(C3CCCCC3)n2[C@@H](C)C1=O. The van der Waals surface area contributed by atoms with Crippen molar-refractivity contribution >= 4 is 5.91 Å². The van der Waals surface area contributed by atoms with Gasteiger partial charge in [-0.25, -0.2) is 0 Å². The number of carbonyl (C=O) groups is 1. The molecule has 0 saturated heterocycles. The highest BCUT2D eigenvalue weighted by Gasteiger charge is 2.34. The van der Waals surface area contributed by atoms with Gasteiger partial charge in [-0.2, -0.15) is 0 Å². The Morgan fingerprint density at radius 3 is 2.65 bits per heavy atom. The van der Waals surface area contributed by atoms with Crippen LogP contribution in [0.15, 0.2) is 0 Å². The topological polar surface area (TPSA) is 51.0 Å². The Kier molecular flexibility index (Phi) is 3.76. The van der Waals surface area contributed by atoms with Crippen molar-refractivity contribution < 1.29 is 4.79 Å². The Hall–Kier alpha value is -1.39. The number of hydrogen-bond acceptors (Lipinski definition) is 3. The van der Waals surface area contributed by atoms with E-state index in [1.54, 1.807) is 0 Å².